The molecule has 0 bridgehead atoms. The minimum atomic E-state index is -0.672. The first-order valence-electron chi connectivity index (χ1n) is 10.4. The number of carbonyl (C=O) groups excluding carboxylic acids is 2. The van der Waals surface area contributed by atoms with E-state index in [9.17, 15) is 9.59 Å². The van der Waals surface area contributed by atoms with E-state index in [2.05, 4.69) is 10.6 Å². The van der Waals surface area contributed by atoms with E-state index in [0.29, 0.717) is 28.2 Å². The summed E-state index contributed by atoms with van der Waals surface area (Å²) in [5.41, 5.74) is 5.45. The predicted molar refractivity (Wildman–Crippen MR) is 121 cm³/mol. The van der Waals surface area contributed by atoms with Crippen LogP contribution in [0.3, 0.4) is 0 Å². The van der Waals surface area contributed by atoms with Gasteiger partial charge in [-0.3, -0.25) is 15.0 Å². The molecule has 1 unspecified atom stereocenters. The number of hydrogen-bond acceptors (Lipinski definition) is 6. The Hall–Kier alpha value is -3.55. The molecule has 1 atom stereocenters. The largest absolute Gasteiger partial charge is 0.485 e. The molecule has 0 saturated carbocycles. The zero-order valence-corrected chi connectivity index (χ0v) is 19.2. The summed E-state index contributed by atoms with van der Waals surface area (Å²) in [6, 6.07) is 8.88. The second-order valence-corrected chi connectivity index (χ2v) is 8.93. The standard InChI is InChI=1S/C24H29N3O5/c1-14-9-15(2)11-17(10-14)23(29)27(24(4,5)6)26-22(28)19-7-8-20-21(16(19)3)32-18(12-25-30)13-31-20/h7-12,18,30H,13H2,1-6H3,(H,26,28)/b25-12+. The van der Waals surface area contributed by atoms with Gasteiger partial charge in [-0.25, -0.2) is 5.01 Å². The first-order valence-corrected chi connectivity index (χ1v) is 10.4. The fourth-order valence-corrected chi connectivity index (χ4v) is 3.59. The van der Waals surface area contributed by atoms with Crippen LogP contribution in [0.15, 0.2) is 35.5 Å². The Morgan fingerprint density at radius 3 is 2.41 bits per heavy atom. The number of rotatable bonds is 3. The Balaban J connectivity index is 1.91. The number of hydrogen-bond donors (Lipinski definition) is 2. The fraction of sp³-hybridized carbons (Fsp3) is 0.375. The van der Waals surface area contributed by atoms with Crippen molar-refractivity contribution >= 4 is 18.0 Å². The molecule has 2 aromatic rings. The van der Waals surface area contributed by atoms with Crippen molar-refractivity contribution in [1.82, 2.24) is 10.4 Å². The molecule has 1 heterocycles. The highest BCUT2D eigenvalue weighted by molar-refractivity contribution is 6.00. The molecule has 3 rings (SSSR count). The van der Waals surface area contributed by atoms with Gasteiger partial charge in [0.15, 0.2) is 17.6 Å². The topological polar surface area (TPSA) is 100 Å². The third kappa shape index (κ3) is 4.85. The Bertz CT molecular complexity index is 1050. The molecule has 0 aromatic heterocycles. The SMILES string of the molecule is Cc1cc(C)cc(C(=O)N(NC(=O)c2ccc3c(c2C)OC(/C=N/O)CO3)C(C)(C)C)c1. The highest BCUT2D eigenvalue weighted by Gasteiger charge is 2.31. The zero-order valence-electron chi connectivity index (χ0n) is 19.2. The van der Waals surface area contributed by atoms with Crippen molar-refractivity contribution in [2.24, 2.45) is 5.16 Å². The van der Waals surface area contributed by atoms with Gasteiger partial charge in [0.25, 0.3) is 11.8 Å². The lowest BCUT2D eigenvalue weighted by Crippen LogP contribution is -2.56. The minimum Gasteiger partial charge on any atom is -0.485 e. The van der Waals surface area contributed by atoms with Gasteiger partial charge in [-0.15, -0.1) is 0 Å². The van der Waals surface area contributed by atoms with Crippen LogP contribution in [0.2, 0.25) is 0 Å². The van der Waals surface area contributed by atoms with Crippen molar-refractivity contribution in [1.29, 1.82) is 0 Å². The second-order valence-electron chi connectivity index (χ2n) is 8.93. The van der Waals surface area contributed by atoms with Gasteiger partial charge >= 0.3 is 0 Å². The molecule has 1 aliphatic heterocycles. The van der Waals surface area contributed by atoms with Gasteiger partial charge in [0.1, 0.15) is 6.61 Å². The van der Waals surface area contributed by atoms with Gasteiger partial charge in [0, 0.05) is 16.7 Å². The molecule has 0 radical (unpaired) electrons. The van der Waals surface area contributed by atoms with Crippen LogP contribution in [0.5, 0.6) is 11.5 Å². The van der Waals surface area contributed by atoms with Crippen LogP contribution in [0.25, 0.3) is 0 Å². The molecule has 8 heteroatoms. The second kappa shape index (κ2) is 8.90. The number of oxime groups is 1. The molecule has 0 aliphatic carbocycles. The van der Waals surface area contributed by atoms with E-state index in [4.69, 9.17) is 14.7 Å². The summed E-state index contributed by atoms with van der Waals surface area (Å²) in [4.78, 5) is 26.5. The number of carbonyl (C=O) groups is 2. The van der Waals surface area contributed by atoms with Crippen molar-refractivity contribution in [2.75, 3.05) is 6.61 Å². The van der Waals surface area contributed by atoms with E-state index in [1.807, 2.05) is 40.7 Å². The predicted octanol–water partition coefficient (Wildman–Crippen LogP) is 3.80. The van der Waals surface area contributed by atoms with E-state index in [1.54, 1.807) is 31.2 Å². The van der Waals surface area contributed by atoms with Gasteiger partial charge in [-0.1, -0.05) is 22.3 Å². The first-order chi connectivity index (χ1) is 15.0. The van der Waals surface area contributed by atoms with Gasteiger partial charge < -0.3 is 14.7 Å². The van der Waals surface area contributed by atoms with Crippen LogP contribution in [0.1, 0.15) is 58.2 Å². The number of aryl methyl sites for hydroxylation is 2. The van der Waals surface area contributed by atoms with Gasteiger partial charge in [-0.05, 0) is 65.8 Å². The fourth-order valence-electron chi connectivity index (χ4n) is 3.59. The molecule has 8 nitrogen and oxygen atoms in total. The minimum absolute atomic E-state index is 0.199. The summed E-state index contributed by atoms with van der Waals surface area (Å²) < 4.78 is 11.4. The molecule has 2 amide bonds. The third-order valence-electron chi connectivity index (χ3n) is 5.08. The number of benzene rings is 2. The number of nitrogens with one attached hydrogen (secondary N) is 1. The van der Waals surface area contributed by atoms with Crippen LogP contribution in [-0.2, 0) is 0 Å². The molecule has 2 aromatic carbocycles. The van der Waals surface area contributed by atoms with Crippen LogP contribution in [0.4, 0.5) is 0 Å². The normalized spacial score (nSPS) is 15.5. The molecule has 0 spiro atoms. The maximum absolute atomic E-state index is 13.3. The third-order valence-corrected chi connectivity index (χ3v) is 5.08. The van der Waals surface area contributed by atoms with Gasteiger partial charge in [0.05, 0.1) is 11.8 Å². The van der Waals surface area contributed by atoms with Crippen LogP contribution in [-0.4, -0.2) is 46.5 Å². The number of fused-ring (bicyclic) bond motifs is 1. The highest BCUT2D eigenvalue weighted by Crippen LogP contribution is 2.36. The summed E-state index contributed by atoms with van der Waals surface area (Å²) in [5.74, 6) is 0.156. The van der Waals surface area contributed by atoms with Crippen molar-refractivity contribution in [3.05, 3.63) is 58.1 Å². The molecular weight excluding hydrogens is 410 g/mol. The van der Waals surface area contributed by atoms with Crippen LogP contribution >= 0.6 is 0 Å². The molecule has 170 valence electrons. The summed E-state index contributed by atoms with van der Waals surface area (Å²) in [6.07, 6.45) is 0.653. The van der Waals surface area contributed by atoms with Gasteiger partial charge in [-0.2, -0.15) is 0 Å². The Morgan fingerprint density at radius 2 is 1.81 bits per heavy atom. The average molecular weight is 440 g/mol. The maximum atomic E-state index is 13.3. The van der Waals surface area contributed by atoms with E-state index in [0.717, 1.165) is 11.1 Å². The lowest BCUT2D eigenvalue weighted by molar-refractivity contribution is 0.0358. The van der Waals surface area contributed by atoms with Crippen molar-refractivity contribution in [2.45, 2.75) is 53.2 Å². The Labute approximate surface area is 187 Å². The van der Waals surface area contributed by atoms with Crippen molar-refractivity contribution in [3.8, 4) is 11.5 Å². The molecule has 2 N–H and O–H groups in total. The molecule has 1 aliphatic rings. The molecule has 0 fully saturated rings. The Morgan fingerprint density at radius 1 is 1.16 bits per heavy atom. The number of nitrogens with zero attached hydrogens (tertiary/aromatic N) is 2. The highest BCUT2D eigenvalue weighted by atomic mass is 16.6. The molecule has 0 saturated heterocycles. The molecule has 32 heavy (non-hydrogen) atoms. The smallest absolute Gasteiger partial charge is 0.272 e. The monoisotopic (exact) mass is 439 g/mol. The van der Waals surface area contributed by atoms with Crippen molar-refractivity contribution in [3.63, 3.8) is 0 Å². The lowest BCUT2D eigenvalue weighted by Gasteiger charge is -2.36. The van der Waals surface area contributed by atoms with E-state index in [-0.39, 0.29) is 12.5 Å². The van der Waals surface area contributed by atoms with Gasteiger partial charge in [0.2, 0.25) is 0 Å². The first kappa shape index (κ1) is 23.1. The zero-order chi connectivity index (χ0) is 23.6. The van der Waals surface area contributed by atoms with Crippen LogP contribution in [0, 0.1) is 20.8 Å². The quantitative estimate of drug-likeness (QED) is 0.430. The summed E-state index contributed by atoms with van der Waals surface area (Å²) >= 11 is 0. The average Bonchev–Trinajstić information content (AvgIpc) is 2.70. The van der Waals surface area contributed by atoms with E-state index in [1.165, 1.54) is 11.2 Å². The maximum Gasteiger partial charge on any atom is 0.272 e. The number of hydrazine groups is 1. The summed E-state index contributed by atoms with van der Waals surface area (Å²) in [7, 11) is 0. The summed E-state index contributed by atoms with van der Waals surface area (Å²) in [6.45, 7) is 11.3. The Kier molecular flexibility index (Phi) is 6.43. The van der Waals surface area contributed by atoms with Crippen LogP contribution < -0.4 is 14.9 Å². The summed E-state index contributed by atoms with van der Waals surface area (Å²) in [5, 5.41) is 13.1. The number of amides is 2. The molecular formula is C24H29N3O5. The van der Waals surface area contributed by atoms with E-state index >= 15 is 0 Å². The van der Waals surface area contributed by atoms with Crippen molar-refractivity contribution < 1.29 is 24.3 Å². The lowest BCUT2D eigenvalue weighted by atomic mass is 10.0. The van der Waals surface area contributed by atoms with E-state index < -0.39 is 17.6 Å². The number of ether oxygens (including phenoxy) is 2.